The van der Waals surface area contributed by atoms with Gasteiger partial charge in [0.25, 0.3) is 0 Å². The van der Waals surface area contributed by atoms with E-state index < -0.39 is 17.8 Å². The van der Waals surface area contributed by atoms with Gasteiger partial charge < -0.3 is 20.5 Å². The summed E-state index contributed by atoms with van der Waals surface area (Å²) in [6.07, 6.45) is 5.36. The van der Waals surface area contributed by atoms with E-state index in [1.54, 1.807) is 12.5 Å². The molecular formula is C20H20FN5O2. The fourth-order valence-electron chi connectivity index (χ4n) is 2.68. The molecule has 28 heavy (non-hydrogen) atoms. The van der Waals surface area contributed by atoms with Gasteiger partial charge in [-0.3, -0.25) is 4.79 Å². The lowest BCUT2D eigenvalue weighted by Crippen LogP contribution is -2.28. The number of carbonyl (C=O) groups excluding carboxylic acids is 2. The van der Waals surface area contributed by atoms with Crippen LogP contribution in [0.1, 0.15) is 18.1 Å². The average Bonchev–Trinajstić information content (AvgIpc) is 3.16. The Morgan fingerprint density at radius 2 is 1.93 bits per heavy atom. The third kappa shape index (κ3) is 5.41. The molecule has 3 rings (SSSR count). The van der Waals surface area contributed by atoms with Crippen LogP contribution in [0.3, 0.4) is 0 Å². The highest BCUT2D eigenvalue weighted by molar-refractivity contribution is 5.92. The van der Waals surface area contributed by atoms with E-state index in [0.29, 0.717) is 18.8 Å². The Bertz CT molecular complexity index is 972. The SMILES string of the molecule is CC(=O)Nc1cc(NC(=O)NCc2cccc(Cn3ccnc3)c2)ccc1F. The number of benzene rings is 2. The van der Waals surface area contributed by atoms with Crippen LogP contribution < -0.4 is 16.0 Å². The molecule has 7 nitrogen and oxygen atoms in total. The fourth-order valence-corrected chi connectivity index (χ4v) is 2.68. The number of amides is 3. The number of hydrogen-bond acceptors (Lipinski definition) is 3. The monoisotopic (exact) mass is 381 g/mol. The maximum Gasteiger partial charge on any atom is 0.319 e. The van der Waals surface area contributed by atoms with Crippen LogP contribution in [-0.4, -0.2) is 21.5 Å². The zero-order chi connectivity index (χ0) is 19.9. The predicted octanol–water partition coefficient (Wildman–Crippen LogP) is 3.35. The van der Waals surface area contributed by atoms with Crippen molar-refractivity contribution < 1.29 is 14.0 Å². The number of halogens is 1. The molecular weight excluding hydrogens is 361 g/mol. The number of carbonyl (C=O) groups is 2. The van der Waals surface area contributed by atoms with E-state index in [1.807, 2.05) is 35.0 Å². The molecule has 144 valence electrons. The number of urea groups is 1. The van der Waals surface area contributed by atoms with Gasteiger partial charge in [-0.15, -0.1) is 0 Å². The van der Waals surface area contributed by atoms with Crippen LogP contribution in [0, 0.1) is 5.82 Å². The lowest BCUT2D eigenvalue weighted by molar-refractivity contribution is -0.114. The number of nitrogens with zero attached hydrogens (tertiary/aromatic N) is 2. The largest absolute Gasteiger partial charge is 0.334 e. The number of rotatable bonds is 6. The van der Waals surface area contributed by atoms with Crippen molar-refractivity contribution in [1.29, 1.82) is 0 Å². The van der Waals surface area contributed by atoms with Gasteiger partial charge in [0.05, 0.1) is 12.0 Å². The first-order chi connectivity index (χ1) is 13.5. The first-order valence-electron chi connectivity index (χ1n) is 8.65. The highest BCUT2D eigenvalue weighted by atomic mass is 19.1. The summed E-state index contributed by atoms with van der Waals surface area (Å²) in [5.41, 5.74) is 2.43. The minimum absolute atomic E-state index is 0.0116. The Balaban J connectivity index is 1.56. The Hall–Kier alpha value is -3.68. The van der Waals surface area contributed by atoms with E-state index in [1.165, 1.54) is 25.1 Å². The molecule has 3 aromatic rings. The summed E-state index contributed by atoms with van der Waals surface area (Å²) in [4.78, 5) is 27.3. The summed E-state index contributed by atoms with van der Waals surface area (Å²) < 4.78 is 15.6. The molecule has 2 aromatic carbocycles. The topological polar surface area (TPSA) is 88.0 Å². The molecule has 0 aliphatic rings. The number of hydrogen-bond donors (Lipinski definition) is 3. The van der Waals surface area contributed by atoms with Crippen LogP contribution in [0.4, 0.5) is 20.6 Å². The van der Waals surface area contributed by atoms with Crippen LogP contribution in [-0.2, 0) is 17.9 Å². The summed E-state index contributed by atoms with van der Waals surface area (Å²) in [6.45, 7) is 2.32. The Morgan fingerprint density at radius 1 is 1.11 bits per heavy atom. The molecule has 0 aliphatic heterocycles. The minimum Gasteiger partial charge on any atom is -0.334 e. The van der Waals surface area contributed by atoms with Gasteiger partial charge in [-0.2, -0.15) is 0 Å². The molecule has 0 saturated heterocycles. The Kier molecular flexibility index (Phi) is 6.01. The zero-order valence-corrected chi connectivity index (χ0v) is 15.3. The molecule has 3 N–H and O–H groups in total. The molecule has 0 saturated carbocycles. The lowest BCUT2D eigenvalue weighted by Gasteiger charge is -2.11. The molecule has 0 aliphatic carbocycles. The summed E-state index contributed by atoms with van der Waals surface area (Å²) in [7, 11) is 0. The third-order valence-electron chi connectivity index (χ3n) is 3.90. The van der Waals surface area contributed by atoms with Crippen molar-refractivity contribution in [1.82, 2.24) is 14.9 Å². The molecule has 0 fully saturated rings. The summed E-state index contributed by atoms with van der Waals surface area (Å²) in [5.74, 6) is -0.966. The Morgan fingerprint density at radius 3 is 2.68 bits per heavy atom. The molecule has 8 heteroatoms. The van der Waals surface area contributed by atoms with E-state index in [9.17, 15) is 14.0 Å². The van der Waals surface area contributed by atoms with Gasteiger partial charge in [-0.05, 0) is 29.3 Å². The highest BCUT2D eigenvalue weighted by Gasteiger charge is 2.08. The van der Waals surface area contributed by atoms with Crippen LogP contribution in [0.5, 0.6) is 0 Å². The second-order valence-electron chi connectivity index (χ2n) is 6.24. The maximum absolute atomic E-state index is 13.7. The normalized spacial score (nSPS) is 10.4. The average molecular weight is 381 g/mol. The van der Waals surface area contributed by atoms with E-state index in [-0.39, 0.29) is 5.69 Å². The molecule has 1 aromatic heterocycles. The van der Waals surface area contributed by atoms with Crippen molar-refractivity contribution in [3.63, 3.8) is 0 Å². The van der Waals surface area contributed by atoms with Crippen molar-refractivity contribution >= 4 is 23.3 Å². The van der Waals surface area contributed by atoms with E-state index in [0.717, 1.165) is 11.1 Å². The van der Waals surface area contributed by atoms with Crippen molar-refractivity contribution in [3.05, 3.63) is 78.1 Å². The predicted molar refractivity (Wildman–Crippen MR) is 104 cm³/mol. The van der Waals surface area contributed by atoms with Gasteiger partial charge in [0.2, 0.25) is 5.91 Å². The number of anilines is 2. The standard InChI is InChI=1S/C20H20FN5O2/c1-14(27)24-19-10-17(5-6-18(19)21)25-20(28)23-11-15-3-2-4-16(9-15)12-26-8-7-22-13-26/h2-10,13H,11-12H2,1H3,(H,24,27)(H2,23,25,28). The molecule has 0 radical (unpaired) electrons. The van der Waals surface area contributed by atoms with Crippen molar-refractivity contribution in [2.24, 2.45) is 0 Å². The second-order valence-corrected chi connectivity index (χ2v) is 6.24. The first-order valence-corrected chi connectivity index (χ1v) is 8.65. The molecule has 0 unspecified atom stereocenters. The van der Waals surface area contributed by atoms with Gasteiger partial charge in [-0.25, -0.2) is 14.2 Å². The van der Waals surface area contributed by atoms with Crippen LogP contribution >= 0.6 is 0 Å². The third-order valence-corrected chi connectivity index (χ3v) is 3.90. The second kappa shape index (κ2) is 8.81. The Labute approximate surface area is 161 Å². The van der Waals surface area contributed by atoms with Crippen LogP contribution in [0.25, 0.3) is 0 Å². The van der Waals surface area contributed by atoms with Crippen molar-refractivity contribution in [3.8, 4) is 0 Å². The lowest BCUT2D eigenvalue weighted by atomic mass is 10.1. The quantitative estimate of drug-likeness (QED) is 0.612. The van der Waals surface area contributed by atoms with Crippen LogP contribution in [0.2, 0.25) is 0 Å². The molecule has 1 heterocycles. The smallest absolute Gasteiger partial charge is 0.319 e. The fraction of sp³-hybridized carbons (Fsp3) is 0.150. The van der Waals surface area contributed by atoms with Crippen molar-refractivity contribution in [2.75, 3.05) is 10.6 Å². The number of imidazole rings is 1. The maximum atomic E-state index is 13.7. The zero-order valence-electron chi connectivity index (χ0n) is 15.3. The van der Waals surface area contributed by atoms with Gasteiger partial charge >= 0.3 is 6.03 Å². The summed E-state index contributed by atoms with van der Waals surface area (Å²) in [6, 6.07) is 11.4. The van der Waals surface area contributed by atoms with Gasteiger partial charge in [0, 0.05) is 38.1 Å². The van der Waals surface area contributed by atoms with Crippen molar-refractivity contribution in [2.45, 2.75) is 20.0 Å². The van der Waals surface area contributed by atoms with Crippen LogP contribution in [0.15, 0.2) is 61.2 Å². The first kappa shape index (κ1) is 19.1. The summed E-state index contributed by atoms with van der Waals surface area (Å²) in [5, 5.41) is 7.76. The van der Waals surface area contributed by atoms with Gasteiger partial charge in [0.1, 0.15) is 5.82 Å². The summed E-state index contributed by atoms with van der Waals surface area (Å²) >= 11 is 0. The molecule has 0 spiro atoms. The van der Waals surface area contributed by atoms with E-state index in [2.05, 4.69) is 20.9 Å². The molecule has 0 bridgehead atoms. The van der Waals surface area contributed by atoms with Gasteiger partial charge in [-0.1, -0.05) is 24.3 Å². The number of nitrogens with one attached hydrogen (secondary N) is 3. The minimum atomic E-state index is -0.573. The van der Waals surface area contributed by atoms with Gasteiger partial charge in [0.15, 0.2) is 0 Å². The molecule has 3 amide bonds. The molecule has 0 atom stereocenters. The highest BCUT2D eigenvalue weighted by Crippen LogP contribution is 2.19. The van der Waals surface area contributed by atoms with E-state index in [4.69, 9.17) is 0 Å². The number of aromatic nitrogens is 2. The van der Waals surface area contributed by atoms with E-state index >= 15 is 0 Å².